The van der Waals surface area contributed by atoms with Gasteiger partial charge in [0, 0.05) is 12.2 Å². The van der Waals surface area contributed by atoms with Gasteiger partial charge in [0.05, 0.1) is 19.6 Å². The molecule has 2 amide bonds. The van der Waals surface area contributed by atoms with E-state index in [0.717, 1.165) is 4.90 Å². The standard InChI is InChI=1S/C6H9NO6.C4H3NO2/c8-4(9)1-7(2-5(10)11)3-6(12)13;6-3-1-2-4(7)5-3/h1-3H2,(H,8,9)(H,10,11)(H,12,13);1-2H,(H,5,6,7). The molecule has 10 nitrogen and oxygen atoms in total. The average Bonchev–Trinajstić information content (AvgIpc) is 2.60. The minimum atomic E-state index is -1.26. The molecule has 1 aliphatic rings. The SMILES string of the molecule is O=C(O)CN(CC(=O)O)CC(=O)O.O=C1C=CC(=O)N1. The highest BCUT2D eigenvalue weighted by Gasteiger charge is 2.15. The molecule has 1 heterocycles. The maximum absolute atomic E-state index is 10.1. The number of imide groups is 1. The highest BCUT2D eigenvalue weighted by atomic mass is 16.4. The van der Waals surface area contributed by atoms with Crippen LogP contribution in [0.1, 0.15) is 0 Å². The van der Waals surface area contributed by atoms with Gasteiger partial charge in [-0.15, -0.1) is 0 Å². The van der Waals surface area contributed by atoms with Gasteiger partial charge in [-0.05, 0) is 0 Å². The van der Waals surface area contributed by atoms with Crippen LogP contribution in [0.3, 0.4) is 0 Å². The lowest BCUT2D eigenvalue weighted by Crippen LogP contribution is -2.38. The number of rotatable bonds is 6. The fourth-order valence-corrected chi connectivity index (χ4v) is 1.10. The van der Waals surface area contributed by atoms with Crippen molar-refractivity contribution in [2.24, 2.45) is 0 Å². The summed E-state index contributed by atoms with van der Waals surface area (Å²) in [6.45, 7) is -1.80. The zero-order valence-electron chi connectivity index (χ0n) is 10.1. The summed E-state index contributed by atoms with van der Waals surface area (Å²) in [4.78, 5) is 51.3. The summed E-state index contributed by atoms with van der Waals surface area (Å²) in [5.41, 5.74) is 0. The predicted molar refractivity (Wildman–Crippen MR) is 61.6 cm³/mol. The van der Waals surface area contributed by atoms with E-state index in [9.17, 15) is 24.0 Å². The highest BCUT2D eigenvalue weighted by molar-refractivity contribution is 6.12. The molecule has 10 heteroatoms. The molecule has 4 N–H and O–H groups in total. The average molecular weight is 288 g/mol. The van der Waals surface area contributed by atoms with Gasteiger partial charge in [-0.3, -0.25) is 34.2 Å². The van der Waals surface area contributed by atoms with Crippen molar-refractivity contribution in [3.63, 3.8) is 0 Å². The van der Waals surface area contributed by atoms with E-state index < -0.39 is 37.5 Å². The molecule has 0 atom stereocenters. The summed E-state index contributed by atoms with van der Waals surface area (Å²) in [6, 6.07) is 0. The third-order valence-corrected chi connectivity index (χ3v) is 1.71. The number of aliphatic carboxylic acids is 3. The van der Waals surface area contributed by atoms with E-state index in [1.807, 2.05) is 5.32 Å². The van der Waals surface area contributed by atoms with Gasteiger partial charge in [0.1, 0.15) is 0 Å². The lowest BCUT2D eigenvalue weighted by molar-refractivity contribution is -0.144. The van der Waals surface area contributed by atoms with Crippen LogP contribution in [-0.4, -0.2) is 69.6 Å². The largest absolute Gasteiger partial charge is 0.480 e. The van der Waals surface area contributed by atoms with E-state index >= 15 is 0 Å². The third kappa shape index (κ3) is 9.30. The molecule has 1 rings (SSSR count). The van der Waals surface area contributed by atoms with E-state index in [2.05, 4.69) is 0 Å². The third-order valence-electron chi connectivity index (χ3n) is 1.71. The molecule has 0 aliphatic carbocycles. The van der Waals surface area contributed by atoms with Crippen molar-refractivity contribution in [3.05, 3.63) is 12.2 Å². The van der Waals surface area contributed by atoms with Gasteiger partial charge in [-0.2, -0.15) is 0 Å². The Labute approximate surface area is 112 Å². The molecule has 0 fully saturated rings. The minimum absolute atomic E-state index is 0.329. The number of carboxylic acids is 3. The summed E-state index contributed by atoms with van der Waals surface area (Å²) in [7, 11) is 0. The van der Waals surface area contributed by atoms with E-state index in [1.54, 1.807) is 0 Å². The Morgan fingerprint density at radius 1 is 0.850 bits per heavy atom. The van der Waals surface area contributed by atoms with Crippen LogP contribution in [0, 0.1) is 0 Å². The van der Waals surface area contributed by atoms with Crippen LogP contribution >= 0.6 is 0 Å². The van der Waals surface area contributed by atoms with Crippen LogP contribution in [0.4, 0.5) is 0 Å². The second kappa shape index (κ2) is 8.37. The first-order chi connectivity index (χ1) is 9.20. The van der Waals surface area contributed by atoms with Crippen molar-refractivity contribution in [1.29, 1.82) is 0 Å². The first kappa shape index (κ1) is 17.2. The number of amides is 2. The molecule has 110 valence electrons. The van der Waals surface area contributed by atoms with E-state index in [-0.39, 0.29) is 11.8 Å². The summed E-state index contributed by atoms with van der Waals surface area (Å²) >= 11 is 0. The second-order valence-electron chi connectivity index (χ2n) is 3.51. The zero-order chi connectivity index (χ0) is 15.7. The van der Waals surface area contributed by atoms with Crippen molar-refractivity contribution in [1.82, 2.24) is 10.2 Å². The fourth-order valence-electron chi connectivity index (χ4n) is 1.10. The zero-order valence-corrected chi connectivity index (χ0v) is 10.1. The molecule has 0 radical (unpaired) electrons. The van der Waals surface area contributed by atoms with Crippen LogP contribution in [0.2, 0.25) is 0 Å². The number of hydrogen-bond donors (Lipinski definition) is 4. The molecule has 0 saturated heterocycles. The maximum Gasteiger partial charge on any atom is 0.317 e. The molecule has 0 bridgehead atoms. The van der Waals surface area contributed by atoms with Crippen LogP contribution in [0.25, 0.3) is 0 Å². The van der Waals surface area contributed by atoms with Gasteiger partial charge in [-0.1, -0.05) is 0 Å². The smallest absolute Gasteiger partial charge is 0.317 e. The first-order valence-corrected chi connectivity index (χ1v) is 5.11. The maximum atomic E-state index is 10.1. The quantitative estimate of drug-likeness (QED) is 0.395. The topological polar surface area (TPSA) is 161 Å². The van der Waals surface area contributed by atoms with Crippen molar-refractivity contribution >= 4 is 29.7 Å². The van der Waals surface area contributed by atoms with Gasteiger partial charge in [-0.25, -0.2) is 0 Å². The summed E-state index contributed by atoms with van der Waals surface area (Å²) in [5, 5.41) is 26.9. The number of nitrogens with one attached hydrogen (secondary N) is 1. The lowest BCUT2D eigenvalue weighted by Gasteiger charge is -2.14. The molecule has 20 heavy (non-hydrogen) atoms. The van der Waals surface area contributed by atoms with Gasteiger partial charge < -0.3 is 15.3 Å². The van der Waals surface area contributed by atoms with Crippen molar-refractivity contribution in [2.45, 2.75) is 0 Å². The second-order valence-corrected chi connectivity index (χ2v) is 3.51. The predicted octanol–water partition coefficient (Wildman–Crippen LogP) is -2.26. The molecular formula is C10H12N2O8. The fraction of sp³-hybridized carbons (Fsp3) is 0.300. The van der Waals surface area contributed by atoms with Crippen LogP contribution in [0.15, 0.2) is 12.2 Å². The molecule has 0 saturated carbocycles. The van der Waals surface area contributed by atoms with Crippen molar-refractivity contribution in [3.8, 4) is 0 Å². The molecule has 0 unspecified atom stereocenters. The van der Waals surface area contributed by atoms with Crippen LogP contribution in [0.5, 0.6) is 0 Å². The normalized spacial score (nSPS) is 12.7. The van der Waals surface area contributed by atoms with Crippen LogP contribution < -0.4 is 5.32 Å². The molecule has 0 spiro atoms. The number of nitrogens with zero attached hydrogens (tertiary/aromatic N) is 1. The number of carboxylic acid groups (broad SMARTS) is 3. The summed E-state index contributed by atoms with van der Waals surface area (Å²) < 4.78 is 0. The van der Waals surface area contributed by atoms with E-state index in [1.165, 1.54) is 12.2 Å². The van der Waals surface area contributed by atoms with Gasteiger partial charge in [0.2, 0.25) is 0 Å². The lowest BCUT2D eigenvalue weighted by atomic mass is 10.4. The minimum Gasteiger partial charge on any atom is -0.480 e. The van der Waals surface area contributed by atoms with Gasteiger partial charge in [0.15, 0.2) is 0 Å². The highest BCUT2D eigenvalue weighted by Crippen LogP contribution is 1.87. The number of hydrogen-bond acceptors (Lipinski definition) is 6. The number of carbonyl (C=O) groups excluding carboxylic acids is 2. The summed E-state index contributed by atoms with van der Waals surface area (Å²) in [6.07, 6.45) is 2.39. The molecule has 0 aromatic heterocycles. The van der Waals surface area contributed by atoms with Gasteiger partial charge >= 0.3 is 17.9 Å². The van der Waals surface area contributed by atoms with Crippen LogP contribution in [-0.2, 0) is 24.0 Å². The summed E-state index contributed by atoms with van der Waals surface area (Å²) in [5.74, 6) is -4.44. The Kier molecular flexibility index (Phi) is 7.22. The van der Waals surface area contributed by atoms with E-state index in [0.29, 0.717) is 0 Å². The number of carbonyl (C=O) groups is 5. The Morgan fingerprint density at radius 3 is 1.30 bits per heavy atom. The molecule has 0 aromatic rings. The molecule has 1 aliphatic heterocycles. The Bertz CT molecular complexity index is 402. The molecular weight excluding hydrogens is 276 g/mol. The Hall–Kier alpha value is -2.75. The van der Waals surface area contributed by atoms with Crippen molar-refractivity contribution in [2.75, 3.05) is 19.6 Å². The monoisotopic (exact) mass is 288 g/mol. The first-order valence-electron chi connectivity index (χ1n) is 5.11. The Morgan fingerprint density at radius 2 is 1.15 bits per heavy atom. The van der Waals surface area contributed by atoms with Gasteiger partial charge in [0.25, 0.3) is 11.8 Å². The molecule has 0 aromatic carbocycles. The Balaban J connectivity index is 0.000000428. The van der Waals surface area contributed by atoms with E-state index in [4.69, 9.17) is 15.3 Å². The van der Waals surface area contributed by atoms with Crippen molar-refractivity contribution < 1.29 is 39.3 Å².